The average Bonchev–Trinajstić information content (AvgIpc) is 2.17. The number of aromatic nitrogens is 2. The Kier molecular flexibility index (Phi) is 5.38. The van der Waals surface area contributed by atoms with Gasteiger partial charge in [-0.3, -0.25) is 4.21 Å². The van der Waals surface area contributed by atoms with Gasteiger partial charge in [-0.05, 0) is 13.3 Å². The molecule has 0 fully saturated rings. The second-order valence-corrected chi connectivity index (χ2v) is 5.41. The quantitative estimate of drug-likeness (QED) is 0.822. The number of aryl methyl sites for hydroxylation is 1. The molecule has 0 amide bonds. The second kappa shape index (κ2) is 6.58. The van der Waals surface area contributed by atoms with Crippen LogP contribution in [0, 0.1) is 0 Å². The van der Waals surface area contributed by atoms with E-state index < -0.39 is 10.8 Å². The third-order valence-corrected chi connectivity index (χ3v) is 3.08. The summed E-state index contributed by atoms with van der Waals surface area (Å²) in [4.78, 5) is 8.33. The van der Waals surface area contributed by atoms with Crippen molar-refractivity contribution in [1.82, 2.24) is 9.97 Å². The number of hydrogen-bond acceptors (Lipinski definition) is 4. The summed E-state index contributed by atoms with van der Waals surface area (Å²) in [6, 6.07) is 2.12. The van der Waals surface area contributed by atoms with Gasteiger partial charge in [0, 0.05) is 40.6 Å². The standard InChI is InChI=1S/C11H19N3OS/c1-4-5-10-6-11(13-8-12-10)14-9(2)7-16(3)15/h6,8-9H,4-5,7H2,1-3H3,(H,12,13,14). The van der Waals surface area contributed by atoms with Gasteiger partial charge in [0.1, 0.15) is 12.1 Å². The summed E-state index contributed by atoms with van der Waals surface area (Å²) in [5, 5.41) is 3.23. The monoisotopic (exact) mass is 241 g/mol. The van der Waals surface area contributed by atoms with Crippen LogP contribution in [-0.2, 0) is 17.2 Å². The van der Waals surface area contributed by atoms with E-state index in [1.165, 1.54) is 0 Å². The van der Waals surface area contributed by atoms with Crippen molar-refractivity contribution in [2.45, 2.75) is 32.7 Å². The summed E-state index contributed by atoms with van der Waals surface area (Å²) in [6.45, 7) is 4.13. The van der Waals surface area contributed by atoms with Gasteiger partial charge in [0.05, 0.1) is 0 Å². The van der Waals surface area contributed by atoms with Gasteiger partial charge in [0.15, 0.2) is 0 Å². The minimum Gasteiger partial charge on any atom is -0.367 e. The van der Waals surface area contributed by atoms with Crippen LogP contribution in [0.4, 0.5) is 5.82 Å². The topological polar surface area (TPSA) is 54.9 Å². The van der Waals surface area contributed by atoms with Crippen LogP contribution in [0.15, 0.2) is 12.4 Å². The third-order valence-electron chi connectivity index (χ3n) is 2.11. The Labute approximate surface area is 99.3 Å². The van der Waals surface area contributed by atoms with Gasteiger partial charge >= 0.3 is 0 Å². The first-order valence-electron chi connectivity index (χ1n) is 5.49. The normalized spacial score (nSPS) is 14.4. The summed E-state index contributed by atoms with van der Waals surface area (Å²) < 4.78 is 11.1. The first-order valence-corrected chi connectivity index (χ1v) is 7.22. The van der Waals surface area contributed by atoms with Crippen LogP contribution in [0.5, 0.6) is 0 Å². The molecule has 0 bridgehead atoms. The molecule has 0 aromatic carbocycles. The highest BCUT2D eigenvalue weighted by molar-refractivity contribution is 7.84. The Morgan fingerprint density at radius 1 is 1.50 bits per heavy atom. The molecule has 0 saturated heterocycles. The zero-order valence-corrected chi connectivity index (χ0v) is 10.9. The van der Waals surface area contributed by atoms with Crippen molar-refractivity contribution in [3.8, 4) is 0 Å². The van der Waals surface area contributed by atoms with E-state index in [1.807, 2.05) is 13.0 Å². The summed E-state index contributed by atoms with van der Waals surface area (Å²) in [7, 11) is -0.784. The Hall–Kier alpha value is -0.970. The van der Waals surface area contributed by atoms with E-state index in [9.17, 15) is 4.21 Å². The third kappa shape index (κ3) is 4.70. The van der Waals surface area contributed by atoms with E-state index in [0.717, 1.165) is 24.4 Å². The fraction of sp³-hybridized carbons (Fsp3) is 0.636. The molecule has 2 atom stereocenters. The minimum absolute atomic E-state index is 0.162. The molecule has 4 nitrogen and oxygen atoms in total. The second-order valence-electron chi connectivity index (χ2n) is 3.93. The molecule has 0 aliphatic rings. The average molecular weight is 241 g/mol. The van der Waals surface area contributed by atoms with Gasteiger partial charge in [-0.25, -0.2) is 9.97 Å². The summed E-state index contributed by atoms with van der Waals surface area (Å²) in [5.41, 5.74) is 1.05. The molecule has 0 spiro atoms. The minimum atomic E-state index is -0.784. The summed E-state index contributed by atoms with van der Waals surface area (Å²) in [6.07, 6.45) is 5.32. The molecule has 0 saturated carbocycles. The number of nitrogens with zero attached hydrogens (tertiary/aromatic N) is 2. The first kappa shape index (κ1) is 13.1. The maximum absolute atomic E-state index is 11.1. The van der Waals surface area contributed by atoms with Crippen LogP contribution in [0.25, 0.3) is 0 Å². The molecule has 0 radical (unpaired) electrons. The van der Waals surface area contributed by atoms with E-state index >= 15 is 0 Å². The summed E-state index contributed by atoms with van der Waals surface area (Å²) in [5.74, 6) is 1.45. The molecular weight excluding hydrogens is 222 g/mol. The van der Waals surface area contributed by atoms with Gasteiger partial charge in [0.2, 0.25) is 0 Å². The van der Waals surface area contributed by atoms with Crippen LogP contribution < -0.4 is 5.32 Å². The number of nitrogens with one attached hydrogen (secondary N) is 1. The number of rotatable bonds is 6. The SMILES string of the molecule is CCCc1cc(NC(C)CS(C)=O)ncn1. The molecule has 16 heavy (non-hydrogen) atoms. The van der Waals surface area contributed by atoms with Crippen LogP contribution in [0.1, 0.15) is 26.0 Å². The fourth-order valence-electron chi connectivity index (χ4n) is 1.52. The lowest BCUT2D eigenvalue weighted by Gasteiger charge is -2.13. The molecule has 5 heteroatoms. The molecule has 1 N–H and O–H groups in total. The van der Waals surface area contributed by atoms with E-state index in [2.05, 4.69) is 22.2 Å². The van der Waals surface area contributed by atoms with Crippen molar-refractivity contribution < 1.29 is 4.21 Å². The van der Waals surface area contributed by atoms with Gasteiger partial charge in [0.25, 0.3) is 0 Å². The molecule has 1 heterocycles. The van der Waals surface area contributed by atoms with Gasteiger partial charge in [-0.15, -0.1) is 0 Å². The highest BCUT2D eigenvalue weighted by Gasteiger charge is 2.05. The van der Waals surface area contributed by atoms with Gasteiger partial charge in [-0.2, -0.15) is 0 Å². The highest BCUT2D eigenvalue weighted by atomic mass is 32.2. The first-order chi connectivity index (χ1) is 7.61. The molecule has 1 rings (SSSR count). The van der Waals surface area contributed by atoms with Crippen molar-refractivity contribution in [3.05, 3.63) is 18.1 Å². The maximum Gasteiger partial charge on any atom is 0.129 e. The lowest BCUT2D eigenvalue weighted by atomic mass is 10.2. The molecule has 0 aliphatic carbocycles. The lowest BCUT2D eigenvalue weighted by molar-refractivity contribution is 0.683. The highest BCUT2D eigenvalue weighted by Crippen LogP contribution is 2.07. The van der Waals surface area contributed by atoms with Gasteiger partial charge < -0.3 is 5.32 Å². The molecule has 2 unspecified atom stereocenters. The maximum atomic E-state index is 11.1. The molecule has 1 aromatic rings. The zero-order chi connectivity index (χ0) is 12.0. The predicted octanol–water partition coefficient (Wildman–Crippen LogP) is 1.61. The van der Waals surface area contributed by atoms with Crippen LogP contribution in [0.2, 0.25) is 0 Å². The molecule has 90 valence electrons. The van der Waals surface area contributed by atoms with Crippen LogP contribution >= 0.6 is 0 Å². The number of anilines is 1. The van der Waals surface area contributed by atoms with Crippen LogP contribution in [-0.4, -0.2) is 32.2 Å². The largest absolute Gasteiger partial charge is 0.367 e. The molecule has 0 aliphatic heterocycles. The zero-order valence-electron chi connectivity index (χ0n) is 10.1. The Morgan fingerprint density at radius 3 is 2.88 bits per heavy atom. The van der Waals surface area contributed by atoms with Crippen molar-refractivity contribution in [2.24, 2.45) is 0 Å². The fourth-order valence-corrected chi connectivity index (χ4v) is 2.30. The lowest BCUT2D eigenvalue weighted by Crippen LogP contribution is -2.22. The Balaban J connectivity index is 2.59. The predicted molar refractivity (Wildman–Crippen MR) is 68.0 cm³/mol. The van der Waals surface area contributed by atoms with Crippen molar-refractivity contribution in [1.29, 1.82) is 0 Å². The molecule has 1 aromatic heterocycles. The Morgan fingerprint density at radius 2 is 2.25 bits per heavy atom. The van der Waals surface area contributed by atoms with E-state index in [1.54, 1.807) is 12.6 Å². The van der Waals surface area contributed by atoms with Crippen molar-refractivity contribution in [3.63, 3.8) is 0 Å². The van der Waals surface area contributed by atoms with Crippen molar-refractivity contribution in [2.75, 3.05) is 17.3 Å². The smallest absolute Gasteiger partial charge is 0.129 e. The van der Waals surface area contributed by atoms with Crippen LogP contribution in [0.3, 0.4) is 0 Å². The number of hydrogen-bond donors (Lipinski definition) is 1. The van der Waals surface area contributed by atoms with Crippen molar-refractivity contribution >= 4 is 16.6 Å². The van der Waals surface area contributed by atoms with E-state index in [4.69, 9.17) is 0 Å². The van der Waals surface area contributed by atoms with E-state index in [0.29, 0.717) is 5.75 Å². The van der Waals surface area contributed by atoms with Gasteiger partial charge in [-0.1, -0.05) is 13.3 Å². The Bertz CT molecular complexity index is 357. The summed E-state index contributed by atoms with van der Waals surface area (Å²) >= 11 is 0. The van der Waals surface area contributed by atoms with E-state index in [-0.39, 0.29) is 6.04 Å². The molecular formula is C11H19N3OS.